The highest BCUT2D eigenvalue weighted by Gasteiger charge is 2.08. The molecule has 0 N–H and O–H groups in total. The molecular formula is C11H10Br2O2. The Balaban J connectivity index is 2.97. The van der Waals surface area contributed by atoms with Gasteiger partial charge in [-0.05, 0) is 56.5 Å². The van der Waals surface area contributed by atoms with E-state index in [4.69, 9.17) is 4.74 Å². The van der Waals surface area contributed by atoms with E-state index in [0.717, 1.165) is 20.8 Å². The van der Waals surface area contributed by atoms with Gasteiger partial charge in [0.25, 0.3) is 0 Å². The van der Waals surface area contributed by atoms with Crippen LogP contribution in [0, 0.1) is 0 Å². The molecule has 0 aliphatic heterocycles. The molecule has 1 rings (SSSR count). The molecule has 0 aliphatic rings. The van der Waals surface area contributed by atoms with Crippen LogP contribution in [0.5, 0.6) is 5.75 Å². The molecule has 0 radical (unpaired) electrons. The van der Waals surface area contributed by atoms with Gasteiger partial charge in [-0.3, -0.25) is 4.79 Å². The minimum Gasteiger partial charge on any atom is -0.487 e. The summed E-state index contributed by atoms with van der Waals surface area (Å²) in [7, 11) is 0. The third kappa shape index (κ3) is 3.47. The van der Waals surface area contributed by atoms with Crippen molar-refractivity contribution < 1.29 is 9.53 Å². The highest BCUT2D eigenvalue weighted by molar-refractivity contribution is 9.11. The smallest absolute Gasteiger partial charge is 0.150 e. The van der Waals surface area contributed by atoms with Crippen LogP contribution in [0.1, 0.15) is 17.3 Å². The first kappa shape index (κ1) is 12.5. The maximum absolute atomic E-state index is 10.6. The lowest BCUT2D eigenvalue weighted by atomic mass is 10.2. The summed E-state index contributed by atoms with van der Waals surface area (Å²) in [5.74, 6) is 0.684. The summed E-state index contributed by atoms with van der Waals surface area (Å²) >= 11 is 6.69. The van der Waals surface area contributed by atoms with Gasteiger partial charge in [-0.2, -0.15) is 0 Å². The van der Waals surface area contributed by atoms with Crippen molar-refractivity contribution in [2.75, 3.05) is 6.61 Å². The third-order valence-electron chi connectivity index (χ3n) is 1.62. The second-order valence-electron chi connectivity index (χ2n) is 3.18. The summed E-state index contributed by atoms with van der Waals surface area (Å²) in [6.45, 7) is 6.10. The molecule has 0 amide bonds. The van der Waals surface area contributed by atoms with Crippen molar-refractivity contribution in [2.45, 2.75) is 6.92 Å². The molecule has 0 bridgehead atoms. The molecule has 0 aliphatic carbocycles. The Morgan fingerprint density at radius 2 is 2.00 bits per heavy atom. The maximum atomic E-state index is 10.6. The summed E-state index contributed by atoms with van der Waals surface area (Å²) in [6, 6.07) is 3.43. The number of rotatable bonds is 4. The van der Waals surface area contributed by atoms with E-state index in [2.05, 4.69) is 38.4 Å². The summed E-state index contributed by atoms with van der Waals surface area (Å²) in [5.41, 5.74) is 1.53. The van der Waals surface area contributed by atoms with Crippen LogP contribution in [0.4, 0.5) is 0 Å². The topological polar surface area (TPSA) is 26.3 Å². The zero-order valence-corrected chi connectivity index (χ0v) is 11.4. The van der Waals surface area contributed by atoms with E-state index in [9.17, 15) is 4.79 Å². The van der Waals surface area contributed by atoms with Crippen LogP contribution in [0.3, 0.4) is 0 Å². The minimum atomic E-state index is 0.456. The van der Waals surface area contributed by atoms with Gasteiger partial charge < -0.3 is 4.74 Å². The van der Waals surface area contributed by atoms with Crippen molar-refractivity contribution in [2.24, 2.45) is 0 Å². The zero-order chi connectivity index (χ0) is 11.4. The van der Waals surface area contributed by atoms with Crippen LogP contribution in [-0.2, 0) is 0 Å². The van der Waals surface area contributed by atoms with Crippen molar-refractivity contribution in [3.63, 3.8) is 0 Å². The molecule has 0 saturated carbocycles. The predicted octanol–water partition coefficient (Wildman–Crippen LogP) is 3.98. The molecule has 0 saturated heterocycles. The van der Waals surface area contributed by atoms with Gasteiger partial charge in [0.05, 0.1) is 8.95 Å². The van der Waals surface area contributed by atoms with Crippen LogP contribution in [0.2, 0.25) is 0 Å². The average Bonchev–Trinajstić information content (AvgIpc) is 2.15. The molecule has 0 aromatic heterocycles. The van der Waals surface area contributed by atoms with E-state index in [-0.39, 0.29) is 0 Å². The number of carbonyl (C=O) groups is 1. The second-order valence-corrected chi connectivity index (χ2v) is 4.89. The number of hydrogen-bond donors (Lipinski definition) is 0. The Kier molecular flexibility index (Phi) is 4.54. The molecule has 4 heteroatoms. The van der Waals surface area contributed by atoms with Crippen molar-refractivity contribution in [3.05, 3.63) is 38.8 Å². The third-order valence-corrected chi connectivity index (χ3v) is 2.80. The first-order valence-electron chi connectivity index (χ1n) is 4.26. The average molecular weight is 334 g/mol. The van der Waals surface area contributed by atoms with Gasteiger partial charge >= 0.3 is 0 Å². The van der Waals surface area contributed by atoms with Gasteiger partial charge in [-0.15, -0.1) is 0 Å². The standard InChI is InChI=1S/C11H10Br2O2/c1-7(2)6-15-11-9(12)3-8(5-14)4-10(11)13/h3-5H,1,6H2,2H3. The van der Waals surface area contributed by atoms with E-state index in [1.165, 1.54) is 0 Å². The van der Waals surface area contributed by atoms with Gasteiger partial charge in [-0.25, -0.2) is 0 Å². The number of ether oxygens (including phenoxy) is 1. The van der Waals surface area contributed by atoms with Crippen LogP contribution < -0.4 is 4.74 Å². The monoisotopic (exact) mass is 332 g/mol. The number of hydrogen-bond acceptors (Lipinski definition) is 2. The molecule has 0 heterocycles. The van der Waals surface area contributed by atoms with Crippen molar-refractivity contribution in [3.8, 4) is 5.75 Å². The molecule has 2 nitrogen and oxygen atoms in total. The highest BCUT2D eigenvalue weighted by Crippen LogP contribution is 2.34. The molecule has 0 unspecified atom stereocenters. The molecule has 15 heavy (non-hydrogen) atoms. The number of carbonyl (C=O) groups excluding carboxylic acids is 1. The largest absolute Gasteiger partial charge is 0.487 e. The fourth-order valence-electron chi connectivity index (χ4n) is 0.981. The molecule has 1 aromatic rings. The molecule has 80 valence electrons. The van der Waals surface area contributed by atoms with Crippen molar-refractivity contribution in [1.82, 2.24) is 0 Å². The predicted molar refractivity (Wildman–Crippen MR) is 67.5 cm³/mol. The highest BCUT2D eigenvalue weighted by atomic mass is 79.9. The summed E-state index contributed by atoms with van der Waals surface area (Å²) in [6.07, 6.45) is 0.790. The van der Waals surface area contributed by atoms with Crippen LogP contribution in [-0.4, -0.2) is 12.9 Å². The van der Waals surface area contributed by atoms with Crippen LogP contribution in [0.25, 0.3) is 0 Å². The fourth-order valence-corrected chi connectivity index (χ4v) is 2.43. The Morgan fingerprint density at radius 3 is 2.40 bits per heavy atom. The van der Waals surface area contributed by atoms with E-state index in [1.807, 2.05) is 6.92 Å². The van der Waals surface area contributed by atoms with Gasteiger partial charge in [0.2, 0.25) is 0 Å². The Morgan fingerprint density at radius 1 is 1.47 bits per heavy atom. The lowest BCUT2D eigenvalue weighted by Gasteiger charge is -2.10. The van der Waals surface area contributed by atoms with Gasteiger partial charge in [0.15, 0.2) is 0 Å². The van der Waals surface area contributed by atoms with E-state index < -0.39 is 0 Å². The van der Waals surface area contributed by atoms with E-state index in [1.54, 1.807) is 12.1 Å². The minimum absolute atomic E-state index is 0.456. The fraction of sp³-hybridized carbons (Fsp3) is 0.182. The number of halogens is 2. The number of benzene rings is 1. The normalized spacial score (nSPS) is 9.80. The van der Waals surface area contributed by atoms with Crippen molar-refractivity contribution in [1.29, 1.82) is 0 Å². The van der Waals surface area contributed by atoms with Crippen molar-refractivity contribution >= 4 is 38.1 Å². The molecular weight excluding hydrogens is 324 g/mol. The quantitative estimate of drug-likeness (QED) is 0.615. The summed E-state index contributed by atoms with van der Waals surface area (Å²) in [4.78, 5) is 10.6. The molecule has 0 atom stereocenters. The SMILES string of the molecule is C=C(C)COc1c(Br)cc(C=O)cc1Br. The number of aldehydes is 1. The van der Waals surface area contributed by atoms with Gasteiger partial charge in [0, 0.05) is 5.56 Å². The Bertz CT molecular complexity index is 377. The second kappa shape index (κ2) is 5.47. The zero-order valence-electron chi connectivity index (χ0n) is 8.22. The summed E-state index contributed by atoms with van der Waals surface area (Å²) < 4.78 is 7.02. The first-order chi connectivity index (χ1) is 7.04. The lowest BCUT2D eigenvalue weighted by Crippen LogP contribution is -1.99. The first-order valence-corrected chi connectivity index (χ1v) is 5.84. The lowest BCUT2D eigenvalue weighted by molar-refractivity contribution is 0.112. The Labute approximate surface area is 106 Å². The van der Waals surface area contributed by atoms with E-state index in [0.29, 0.717) is 17.9 Å². The van der Waals surface area contributed by atoms with Gasteiger partial charge in [0.1, 0.15) is 18.6 Å². The Hall–Kier alpha value is -0.610. The van der Waals surface area contributed by atoms with Gasteiger partial charge in [-0.1, -0.05) is 6.58 Å². The molecule has 0 spiro atoms. The van der Waals surface area contributed by atoms with Crippen LogP contribution in [0.15, 0.2) is 33.2 Å². The van der Waals surface area contributed by atoms with Crippen LogP contribution >= 0.6 is 31.9 Å². The summed E-state index contributed by atoms with van der Waals surface area (Å²) in [5, 5.41) is 0. The molecule has 0 fully saturated rings. The van der Waals surface area contributed by atoms with E-state index >= 15 is 0 Å². The maximum Gasteiger partial charge on any atom is 0.150 e. The molecule has 1 aromatic carbocycles.